The van der Waals surface area contributed by atoms with Gasteiger partial charge in [-0.1, -0.05) is 59.1 Å². The third kappa shape index (κ3) is 4.08. The van der Waals surface area contributed by atoms with Gasteiger partial charge in [0, 0.05) is 23.7 Å². The van der Waals surface area contributed by atoms with E-state index >= 15 is 0 Å². The first-order valence-electron chi connectivity index (χ1n) is 5.79. The molecule has 0 aliphatic carbocycles. The summed E-state index contributed by atoms with van der Waals surface area (Å²) in [5.74, 6) is 0. The Bertz CT molecular complexity index is 572. The van der Waals surface area contributed by atoms with Gasteiger partial charge in [0.2, 0.25) is 0 Å². The summed E-state index contributed by atoms with van der Waals surface area (Å²) in [7, 11) is 2.01. The molecule has 0 saturated heterocycles. The molecule has 0 unspecified atom stereocenters. The third-order valence-corrected chi connectivity index (χ3v) is 3.64. The van der Waals surface area contributed by atoms with E-state index in [2.05, 4.69) is 9.88 Å². The first kappa shape index (κ1) is 14.6. The van der Waals surface area contributed by atoms with Gasteiger partial charge in [-0.05, 0) is 24.7 Å². The van der Waals surface area contributed by atoms with Crippen molar-refractivity contribution in [3.63, 3.8) is 0 Å². The van der Waals surface area contributed by atoms with E-state index in [4.69, 9.17) is 34.8 Å². The van der Waals surface area contributed by atoms with E-state index < -0.39 is 0 Å². The predicted octanol–water partition coefficient (Wildman–Crippen LogP) is 4.67. The van der Waals surface area contributed by atoms with Crippen LogP contribution in [0.2, 0.25) is 15.3 Å². The zero-order valence-electron chi connectivity index (χ0n) is 10.4. The smallest absolute Gasteiger partial charge is 0.135 e. The number of hydrogen-bond donors (Lipinski definition) is 0. The van der Waals surface area contributed by atoms with Gasteiger partial charge in [-0.2, -0.15) is 0 Å². The molecule has 0 bridgehead atoms. The highest BCUT2D eigenvalue weighted by Crippen LogP contribution is 2.20. The van der Waals surface area contributed by atoms with Gasteiger partial charge in [0.1, 0.15) is 10.3 Å². The molecule has 1 aromatic heterocycles. The normalized spacial score (nSPS) is 11.0. The van der Waals surface area contributed by atoms with Crippen LogP contribution >= 0.6 is 34.8 Å². The van der Waals surface area contributed by atoms with E-state index in [0.29, 0.717) is 16.9 Å². The fraction of sp³-hybridized carbons (Fsp3) is 0.214. The second-order valence-electron chi connectivity index (χ2n) is 4.35. The lowest BCUT2D eigenvalue weighted by molar-refractivity contribution is 0.319. The van der Waals surface area contributed by atoms with Crippen LogP contribution < -0.4 is 0 Å². The van der Waals surface area contributed by atoms with Crippen LogP contribution in [0.4, 0.5) is 0 Å². The minimum Gasteiger partial charge on any atom is -0.298 e. The number of pyridine rings is 1. The zero-order valence-corrected chi connectivity index (χ0v) is 12.7. The van der Waals surface area contributed by atoms with Gasteiger partial charge in [0.05, 0.1) is 0 Å². The van der Waals surface area contributed by atoms with Crippen LogP contribution in [0.1, 0.15) is 11.1 Å². The summed E-state index contributed by atoms with van der Waals surface area (Å²) in [4.78, 5) is 6.15. The molecule has 0 saturated carbocycles. The van der Waals surface area contributed by atoms with E-state index in [-0.39, 0.29) is 0 Å². The fourth-order valence-electron chi connectivity index (χ4n) is 1.82. The standard InChI is InChI=1S/C14H13Cl3N2/c1-19(8-10-4-2-3-5-12(10)15)9-11-6-7-13(16)18-14(11)17/h2-7H,8-9H2,1H3. The summed E-state index contributed by atoms with van der Waals surface area (Å²) in [5, 5.41) is 1.62. The van der Waals surface area contributed by atoms with Gasteiger partial charge < -0.3 is 0 Å². The quantitative estimate of drug-likeness (QED) is 0.762. The van der Waals surface area contributed by atoms with Crippen molar-refractivity contribution < 1.29 is 0 Å². The van der Waals surface area contributed by atoms with Crippen molar-refractivity contribution in [1.82, 2.24) is 9.88 Å². The summed E-state index contributed by atoms with van der Waals surface area (Å²) in [6.07, 6.45) is 0. The zero-order chi connectivity index (χ0) is 13.8. The predicted molar refractivity (Wildman–Crippen MR) is 80.9 cm³/mol. The molecule has 100 valence electrons. The average molecular weight is 316 g/mol. The van der Waals surface area contributed by atoms with Crippen LogP contribution in [-0.4, -0.2) is 16.9 Å². The number of nitrogens with zero attached hydrogens (tertiary/aromatic N) is 2. The summed E-state index contributed by atoms with van der Waals surface area (Å²) >= 11 is 18.0. The lowest BCUT2D eigenvalue weighted by atomic mass is 10.2. The number of benzene rings is 1. The first-order chi connectivity index (χ1) is 9.06. The Kier molecular flexibility index (Phi) is 5.06. The Hall–Kier alpha value is -0.800. The summed E-state index contributed by atoms with van der Waals surface area (Å²) in [6.45, 7) is 1.44. The summed E-state index contributed by atoms with van der Waals surface area (Å²) < 4.78 is 0. The second kappa shape index (κ2) is 6.58. The lowest BCUT2D eigenvalue weighted by Crippen LogP contribution is -2.17. The van der Waals surface area contributed by atoms with Gasteiger partial charge in [-0.15, -0.1) is 0 Å². The molecule has 0 N–H and O–H groups in total. The highest BCUT2D eigenvalue weighted by atomic mass is 35.5. The molecule has 1 aromatic carbocycles. The molecule has 19 heavy (non-hydrogen) atoms. The van der Waals surface area contributed by atoms with Crippen LogP contribution in [0.3, 0.4) is 0 Å². The molecular formula is C14H13Cl3N2. The number of halogens is 3. The van der Waals surface area contributed by atoms with Crippen LogP contribution in [0, 0.1) is 0 Å². The molecule has 2 aromatic rings. The second-order valence-corrected chi connectivity index (χ2v) is 5.50. The van der Waals surface area contributed by atoms with Crippen molar-refractivity contribution in [2.45, 2.75) is 13.1 Å². The van der Waals surface area contributed by atoms with Crippen molar-refractivity contribution in [2.75, 3.05) is 7.05 Å². The molecule has 2 nitrogen and oxygen atoms in total. The van der Waals surface area contributed by atoms with Crippen LogP contribution in [0.15, 0.2) is 36.4 Å². The Morgan fingerprint density at radius 1 is 0.947 bits per heavy atom. The van der Waals surface area contributed by atoms with Crippen molar-refractivity contribution in [3.05, 3.63) is 62.9 Å². The minimum atomic E-state index is 0.405. The molecule has 0 aliphatic rings. The Balaban J connectivity index is 2.05. The maximum atomic E-state index is 6.14. The summed E-state index contributed by atoms with van der Waals surface area (Å²) in [6, 6.07) is 11.4. The van der Waals surface area contributed by atoms with Crippen molar-refractivity contribution >= 4 is 34.8 Å². The van der Waals surface area contributed by atoms with Crippen molar-refractivity contribution in [3.8, 4) is 0 Å². The van der Waals surface area contributed by atoms with E-state index in [0.717, 1.165) is 22.7 Å². The van der Waals surface area contributed by atoms with Crippen molar-refractivity contribution in [1.29, 1.82) is 0 Å². The molecule has 0 radical (unpaired) electrons. The van der Waals surface area contributed by atoms with E-state index in [1.807, 2.05) is 37.4 Å². The monoisotopic (exact) mass is 314 g/mol. The van der Waals surface area contributed by atoms with Crippen LogP contribution in [-0.2, 0) is 13.1 Å². The summed E-state index contributed by atoms with van der Waals surface area (Å²) in [5.41, 5.74) is 2.03. The van der Waals surface area contributed by atoms with Crippen LogP contribution in [0.25, 0.3) is 0 Å². The number of hydrogen-bond acceptors (Lipinski definition) is 2. The van der Waals surface area contributed by atoms with E-state index in [9.17, 15) is 0 Å². The molecular weight excluding hydrogens is 303 g/mol. The molecule has 0 spiro atoms. The van der Waals surface area contributed by atoms with Crippen molar-refractivity contribution in [2.24, 2.45) is 0 Å². The van der Waals surface area contributed by atoms with Gasteiger partial charge in [0.25, 0.3) is 0 Å². The van der Waals surface area contributed by atoms with Gasteiger partial charge in [-0.3, -0.25) is 4.90 Å². The van der Waals surface area contributed by atoms with Gasteiger partial charge >= 0.3 is 0 Å². The lowest BCUT2D eigenvalue weighted by Gasteiger charge is -2.18. The Morgan fingerprint density at radius 2 is 1.63 bits per heavy atom. The SMILES string of the molecule is CN(Cc1ccccc1Cl)Cc1ccc(Cl)nc1Cl. The molecule has 0 amide bonds. The third-order valence-electron chi connectivity index (χ3n) is 2.73. The molecule has 5 heteroatoms. The maximum Gasteiger partial charge on any atom is 0.135 e. The van der Waals surface area contributed by atoms with Gasteiger partial charge in [-0.25, -0.2) is 4.98 Å². The molecule has 0 atom stereocenters. The van der Waals surface area contributed by atoms with Gasteiger partial charge in [0.15, 0.2) is 0 Å². The largest absolute Gasteiger partial charge is 0.298 e. The molecule has 1 heterocycles. The Labute approximate surface area is 127 Å². The number of rotatable bonds is 4. The van der Waals surface area contributed by atoms with Crippen LogP contribution in [0.5, 0.6) is 0 Å². The number of aromatic nitrogens is 1. The average Bonchev–Trinajstić information content (AvgIpc) is 2.36. The molecule has 2 rings (SSSR count). The maximum absolute atomic E-state index is 6.14. The fourth-order valence-corrected chi connectivity index (χ4v) is 2.42. The topological polar surface area (TPSA) is 16.1 Å². The highest BCUT2D eigenvalue weighted by molar-refractivity contribution is 6.32. The molecule has 0 fully saturated rings. The Morgan fingerprint density at radius 3 is 2.32 bits per heavy atom. The van der Waals surface area contributed by atoms with E-state index in [1.165, 1.54) is 0 Å². The molecule has 0 aliphatic heterocycles. The van der Waals surface area contributed by atoms with E-state index in [1.54, 1.807) is 6.07 Å². The first-order valence-corrected chi connectivity index (χ1v) is 6.92. The highest BCUT2D eigenvalue weighted by Gasteiger charge is 2.08. The minimum absolute atomic E-state index is 0.405.